The third-order valence-corrected chi connectivity index (χ3v) is 1.60. The summed E-state index contributed by atoms with van der Waals surface area (Å²) in [6, 6.07) is 3.22. The molecule has 0 saturated heterocycles. The van der Waals surface area contributed by atoms with Crippen molar-refractivity contribution in [3.63, 3.8) is 0 Å². The molecule has 5 heteroatoms. The van der Waals surface area contributed by atoms with Crippen LogP contribution in [0.2, 0.25) is 0 Å². The monoisotopic (exact) mass is 251 g/mol. The molecular weight excluding hydrogens is 245 g/mol. The molecule has 0 atom stereocenters. The van der Waals surface area contributed by atoms with Gasteiger partial charge in [-0.25, -0.2) is 9.78 Å². The van der Waals surface area contributed by atoms with Gasteiger partial charge in [-0.3, -0.25) is 0 Å². The van der Waals surface area contributed by atoms with E-state index in [1.807, 2.05) is 0 Å². The molecule has 0 aliphatic rings. The lowest BCUT2D eigenvalue weighted by Crippen LogP contribution is -2.00. The summed E-state index contributed by atoms with van der Waals surface area (Å²) in [6.07, 6.45) is 0. The highest BCUT2D eigenvalue weighted by Gasteiger charge is 2.04. The quantitative estimate of drug-likeness (QED) is 0.834. The SMILES string of the molecule is Cc1cc(Br)cc(C(=O)O)n1.Cl. The van der Waals surface area contributed by atoms with Crippen LogP contribution in [0, 0.1) is 6.92 Å². The minimum Gasteiger partial charge on any atom is -0.477 e. The minimum atomic E-state index is -1.01. The van der Waals surface area contributed by atoms with E-state index < -0.39 is 5.97 Å². The number of aromatic carboxylic acids is 1. The van der Waals surface area contributed by atoms with Gasteiger partial charge in [0.25, 0.3) is 0 Å². The van der Waals surface area contributed by atoms with Gasteiger partial charge in [0.2, 0.25) is 0 Å². The van der Waals surface area contributed by atoms with Crippen molar-refractivity contribution < 1.29 is 9.90 Å². The summed E-state index contributed by atoms with van der Waals surface area (Å²) < 4.78 is 0.738. The second-order valence-corrected chi connectivity index (χ2v) is 3.03. The van der Waals surface area contributed by atoms with Crippen LogP contribution in [0.15, 0.2) is 16.6 Å². The van der Waals surface area contributed by atoms with Crippen molar-refractivity contribution in [2.45, 2.75) is 6.92 Å². The van der Waals surface area contributed by atoms with Crippen LogP contribution < -0.4 is 0 Å². The van der Waals surface area contributed by atoms with Crippen molar-refractivity contribution in [1.29, 1.82) is 0 Å². The van der Waals surface area contributed by atoms with Crippen molar-refractivity contribution in [2.75, 3.05) is 0 Å². The minimum absolute atomic E-state index is 0. The van der Waals surface area contributed by atoms with Crippen molar-refractivity contribution in [1.82, 2.24) is 4.98 Å². The maximum absolute atomic E-state index is 10.4. The zero-order valence-corrected chi connectivity index (χ0v) is 8.65. The van der Waals surface area contributed by atoms with E-state index in [0.717, 1.165) is 4.47 Å². The maximum Gasteiger partial charge on any atom is 0.354 e. The maximum atomic E-state index is 10.4. The topological polar surface area (TPSA) is 50.2 Å². The van der Waals surface area contributed by atoms with Crippen molar-refractivity contribution in [2.24, 2.45) is 0 Å². The van der Waals surface area contributed by atoms with E-state index in [2.05, 4.69) is 20.9 Å². The van der Waals surface area contributed by atoms with E-state index in [1.165, 1.54) is 6.07 Å². The molecule has 12 heavy (non-hydrogen) atoms. The first-order valence-electron chi connectivity index (χ1n) is 2.97. The summed E-state index contributed by atoms with van der Waals surface area (Å²) in [7, 11) is 0. The fraction of sp³-hybridized carbons (Fsp3) is 0.143. The van der Waals surface area contributed by atoms with Crippen LogP contribution in [0.3, 0.4) is 0 Å². The molecule has 0 spiro atoms. The van der Waals surface area contributed by atoms with Crippen LogP contribution >= 0.6 is 28.3 Å². The summed E-state index contributed by atoms with van der Waals surface area (Å²) in [5.41, 5.74) is 0.758. The summed E-state index contributed by atoms with van der Waals surface area (Å²) in [5.74, 6) is -1.01. The Kier molecular flexibility index (Phi) is 4.20. The van der Waals surface area contributed by atoms with E-state index in [4.69, 9.17) is 5.11 Å². The molecule has 1 aromatic rings. The van der Waals surface area contributed by atoms with Gasteiger partial charge in [-0.05, 0) is 19.1 Å². The number of aryl methyl sites for hydroxylation is 1. The van der Waals surface area contributed by atoms with Crippen molar-refractivity contribution in [3.05, 3.63) is 28.0 Å². The van der Waals surface area contributed by atoms with Crippen molar-refractivity contribution in [3.8, 4) is 0 Å². The Bertz CT molecular complexity index is 283. The largest absolute Gasteiger partial charge is 0.477 e. The number of nitrogens with zero attached hydrogens (tertiary/aromatic N) is 1. The standard InChI is InChI=1S/C7H6BrNO2.ClH/c1-4-2-5(8)3-6(9-4)7(10)11;/h2-3H,1H3,(H,10,11);1H. The van der Waals surface area contributed by atoms with E-state index in [9.17, 15) is 4.79 Å². The predicted molar refractivity (Wildman–Crippen MR) is 50.9 cm³/mol. The molecule has 0 unspecified atom stereocenters. The lowest BCUT2D eigenvalue weighted by Gasteiger charge is -1.96. The molecule has 0 saturated carbocycles. The third kappa shape index (κ3) is 2.79. The van der Waals surface area contributed by atoms with E-state index >= 15 is 0 Å². The highest BCUT2D eigenvalue weighted by atomic mass is 79.9. The summed E-state index contributed by atoms with van der Waals surface area (Å²) in [6.45, 7) is 1.75. The molecule has 1 heterocycles. The first-order chi connectivity index (χ1) is 5.09. The number of aromatic nitrogens is 1. The van der Waals surface area contributed by atoms with Crippen LogP contribution in [-0.4, -0.2) is 16.1 Å². The van der Waals surface area contributed by atoms with Gasteiger partial charge >= 0.3 is 5.97 Å². The summed E-state index contributed by atoms with van der Waals surface area (Å²) in [4.78, 5) is 14.2. The fourth-order valence-electron chi connectivity index (χ4n) is 0.736. The molecule has 0 aliphatic heterocycles. The number of carboxylic acid groups (broad SMARTS) is 1. The molecule has 3 nitrogen and oxygen atoms in total. The van der Waals surface area contributed by atoms with Gasteiger partial charge in [0.15, 0.2) is 0 Å². The number of carbonyl (C=O) groups is 1. The molecule has 0 radical (unpaired) electrons. The number of rotatable bonds is 1. The van der Waals surface area contributed by atoms with Crippen LogP contribution in [0.5, 0.6) is 0 Å². The molecule has 0 bridgehead atoms. The number of pyridine rings is 1. The number of carboxylic acids is 1. The fourth-order valence-corrected chi connectivity index (χ4v) is 1.28. The molecule has 1 N–H and O–H groups in total. The molecule has 0 aromatic carbocycles. The van der Waals surface area contributed by atoms with Crippen molar-refractivity contribution >= 4 is 34.3 Å². The number of hydrogen-bond acceptors (Lipinski definition) is 2. The predicted octanol–water partition coefficient (Wildman–Crippen LogP) is 2.27. The number of halogens is 2. The molecule has 0 amide bonds. The smallest absolute Gasteiger partial charge is 0.354 e. The second-order valence-electron chi connectivity index (χ2n) is 2.12. The molecule has 0 aliphatic carbocycles. The number of hydrogen-bond donors (Lipinski definition) is 1. The van der Waals surface area contributed by atoms with Crippen LogP contribution in [0.25, 0.3) is 0 Å². The first kappa shape index (κ1) is 11.4. The van der Waals surface area contributed by atoms with Gasteiger partial charge in [-0.2, -0.15) is 0 Å². The summed E-state index contributed by atoms with van der Waals surface area (Å²) >= 11 is 3.18. The zero-order valence-electron chi connectivity index (χ0n) is 6.24. The van der Waals surface area contributed by atoms with Gasteiger partial charge in [-0.15, -0.1) is 12.4 Å². The van der Waals surface area contributed by atoms with Gasteiger partial charge in [0, 0.05) is 10.2 Å². The van der Waals surface area contributed by atoms with E-state index in [1.54, 1.807) is 13.0 Å². The molecule has 1 aromatic heterocycles. The average Bonchev–Trinajstić information content (AvgIpc) is 1.85. The van der Waals surface area contributed by atoms with E-state index in [0.29, 0.717) is 5.69 Å². The Morgan fingerprint density at radius 3 is 2.58 bits per heavy atom. The summed E-state index contributed by atoms with van der Waals surface area (Å²) in [5, 5.41) is 8.55. The molecule has 66 valence electrons. The second kappa shape index (κ2) is 4.42. The van der Waals surface area contributed by atoms with Gasteiger partial charge in [-0.1, -0.05) is 15.9 Å². The Hall–Kier alpha value is -0.610. The van der Waals surface area contributed by atoms with E-state index in [-0.39, 0.29) is 18.1 Å². The Morgan fingerprint density at radius 2 is 2.17 bits per heavy atom. The Balaban J connectivity index is 0.00000121. The lowest BCUT2D eigenvalue weighted by atomic mass is 10.3. The van der Waals surface area contributed by atoms with Gasteiger partial charge < -0.3 is 5.11 Å². The highest BCUT2D eigenvalue weighted by Crippen LogP contribution is 2.11. The van der Waals surface area contributed by atoms with Gasteiger partial charge in [0.1, 0.15) is 5.69 Å². The normalized spacial score (nSPS) is 8.83. The first-order valence-corrected chi connectivity index (χ1v) is 3.76. The molecule has 0 fully saturated rings. The molecular formula is C7H7BrClNO2. The van der Waals surface area contributed by atoms with Crippen LogP contribution in [0.1, 0.15) is 16.2 Å². The van der Waals surface area contributed by atoms with Crippen LogP contribution in [0.4, 0.5) is 0 Å². The van der Waals surface area contributed by atoms with Gasteiger partial charge in [0.05, 0.1) is 0 Å². The highest BCUT2D eigenvalue weighted by molar-refractivity contribution is 9.10. The lowest BCUT2D eigenvalue weighted by molar-refractivity contribution is 0.0690. The third-order valence-electron chi connectivity index (χ3n) is 1.14. The zero-order chi connectivity index (χ0) is 8.43. The Morgan fingerprint density at radius 1 is 1.58 bits per heavy atom. The average molecular weight is 252 g/mol. The Labute approximate surface area is 84.4 Å². The van der Waals surface area contributed by atoms with Crippen LogP contribution in [-0.2, 0) is 0 Å². The molecule has 1 rings (SSSR count).